The lowest BCUT2D eigenvalue weighted by Crippen LogP contribution is -2.51. The number of amides is 2. The van der Waals surface area contributed by atoms with Gasteiger partial charge < -0.3 is 10.2 Å². The Morgan fingerprint density at radius 1 is 1.12 bits per heavy atom. The van der Waals surface area contributed by atoms with Crippen LogP contribution < -0.4 is 5.32 Å². The molecule has 1 aliphatic heterocycles. The van der Waals surface area contributed by atoms with Gasteiger partial charge in [-0.3, -0.25) is 14.5 Å². The quantitative estimate of drug-likeness (QED) is 0.779. The number of nitrogens with zero attached hydrogens (tertiary/aromatic N) is 2. The Labute approximate surface area is 145 Å². The molecule has 0 aromatic heterocycles. The molecule has 3 rings (SSSR count). The van der Waals surface area contributed by atoms with Crippen molar-refractivity contribution in [3.63, 3.8) is 0 Å². The van der Waals surface area contributed by atoms with E-state index in [-0.39, 0.29) is 17.2 Å². The molecule has 2 aliphatic carbocycles. The van der Waals surface area contributed by atoms with Gasteiger partial charge in [-0.2, -0.15) is 0 Å². The number of hydrogen-bond acceptors (Lipinski definition) is 3. The number of carbonyl (C=O) groups is 2. The minimum atomic E-state index is 0.0790. The normalized spacial score (nSPS) is 29.1. The molecule has 5 heteroatoms. The fourth-order valence-corrected chi connectivity index (χ4v) is 3.85. The monoisotopic (exact) mass is 333 g/mol. The van der Waals surface area contributed by atoms with E-state index in [1.807, 2.05) is 4.90 Å². The first kappa shape index (κ1) is 17.5. The molecule has 2 saturated carbocycles. The second-order valence-electron chi connectivity index (χ2n) is 8.51. The number of rotatable bonds is 5. The number of hydrogen-bond donors (Lipinski definition) is 1. The van der Waals surface area contributed by atoms with Gasteiger partial charge in [0.25, 0.3) is 0 Å². The summed E-state index contributed by atoms with van der Waals surface area (Å²) in [4.78, 5) is 28.9. The van der Waals surface area contributed by atoms with E-state index in [0.717, 1.165) is 39.0 Å². The van der Waals surface area contributed by atoms with Gasteiger partial charge in [0.05, 0.1) is 12.5 Å². The molecule has 1 saturated heterocycles. The molecular formula is C19H31N3O2. The third-order valence-corrected chi connectivity index (χ3v) is 5.68. The van der Waals surface area contributed by atoms with Gasteiger partial charge in [-0.1, -0.05) is 25.5 Å². The van der Waals surface area contributed by atoms with Gasteiger partial charge in [0.2, 0.25) is 11.8 Å². The molecule has 24 heavy (non-hydrogen) atoms. The summed E-state index contributed by atoms with van der Waals surface area (Å²) in [5.41, 5.74) is 1.37. The van der Waals surface area contributed by atoms with Crippen LogP contribution in [0.1, 0.15) is 40.5 Å². The van der Waals surface area contributed by atoms with Gasteiger partial charge in [-0.15, -0.1) is 0 Å². The van der Waals surface area contributed by atoms with Crippen LogP contribution in [0, 0.1) is 17.3 Å². The minimum absolute atomic E-state index is 0.0790. The number of allylic oxidation sites excluding steroid dienone is 2. The first-order chi connectivity index (χ1) is 11.3. The Bertz CT molecular complexity index is 539. The second kappa shape index (κ2) is 6.51. The maximum Gasteiger partial charge on any atom is 0.234 e. The van der Waals surface area contributed by atoms with Crippen molar-refractivity contribution in [3.05, 3.63) is 11.6 Å². The molecule has 3 fully saturated rings. The van der Waals surface area contributed by atoms with Gasteiger partial charge in [0.15, 0.2) is 0 Å². The van der Waals surface area contributed by atoms with Crippen LogP contribution in [0.2, 0.25) is 0 Å². The standard InChI is InChI=1S/C19H31N3O2/c1-13(2)11-15-17(19(15,3)4)18(24)22-9-7-21(8-10-22)12-16(23)20-14-5-6-14/h11,14-15,17H,5-10,12H2,1-4H3,(H,20,23). The molecule has 134 valence electrons. The topological polar surface area (TPSA) is 52.7 Å². The zero-order valence-electron chi connectivity index (χ0n) is 15.5. The molecule has 2 amide bonds. The van der Waals surface area contributed by atoms with E-state index in [9.17, 15) is 9.59 Å². The van der Waals surface area contributed by atoms with E-state index in [1.165, 1.54) is 5.57 Å². The Kier molecular flexibility index (Phi) is 4.73. The third kappa shape index (κ3) is 3.82. The lowest BCUT2D eigenvalue weighted by Gasteiger charge is -2.34. The van der Waals surface area contributed by atoms with Gasteiger partial charge in [-0.05, 0) is 38.0 Å². The molecular weight excluding hydrogens is 302 g/mol. The van der Waals surface area contributed by atoms with Crippen molar-refractivity contribution >= 4 is 11.8 Å². The van der Waals surface area contributed by atoms with E-state index < -0.39 is 0 Å². The summed E-state index contributed by atoms with van der Waals surface area (Å²) in [7, 11) is 0. The largest absolute Gasteiger partial charge is 0.352 e. The summed E-state index contributed by atoms with van der Waals surface area (Å²) in [6, 6.07) is 0.421. The number of carbonyl (C=O) groups excluding carboxylic acids is 2. The van der Waals surface area contributed by atoms with Crippen LogP contribution in [0.4, 0.5) is 0 Å². The molecule has 0 aromatic rings. The Hall–Kier alpha value is -1.36. The molecule has 0 radical (unpaired) electrons. The summed E-state index contributed by atoms with van der Waals surface area (Å²) >= 11 is 0. The highest BCUT2D eigenvalue weighted by molar-refractivity contribution is 5.84. The van der Waals surface area contributed by atoms with Gasteiger partial charge in [0.1, 0.15) is 0 Å². The molecule has 1 N–H and O–H groups in total. The molecule has 5 nitrogen and oxygen atoms in total. The van der Waals surface area contributed by atoms with Crippen LogP contribution in [0.5, 0.6) is 0 Å². The number of nitrogens with one attached hydrogen (secondary N) is 1. The smallest absolute Gasteiger partial charge is 0.234 e. The maximum atomic E-state index is 12.8. The summed E-state index contributed by atoms with van der Waals surface area (Å²) in [6.07, 6.45) is 4.50. The highest BCUT2D eigenvalue weighted by Gasteiger charge is 2.61. The van der Waals surface area contributed by atoms with Gasteiger partial charge in [-0.25, -0.2) is 0 Å². The van der Waals surface area contributed by atoms with Crippen molar-refractivity contribution in [2.45, 2.75) is 46.6 Å². The van der Waals surface area contributed by atoms with Gasteiger partial charge >= 0.3 is 0 Å². The predicted octanol–water partition coefficient (Wildman–Crippen LogP) is 1.65. The van der Waals surface area contributed by atoms with E-state index in [1.54, 1.807) is 0 Å². The van der Waals surface area contributed by atoms with E-state index in [4.69, 9.17) is 0 Å². The summed E-state index contributed by atoms with van der Waals surface area (Å²) in [5, 5.41) is 3.03. The van der Waals surface area contributed by atoms with Crippen LogP contribution in [-0.4, -0.2) is 60.4 Å². The van der Waals surface area contributed by atoms with Crippen molar-refractivity contribution < 1.29 is 9.59 Å². The van der Waals surface area contributed by atoms with Crippen LogP contribution in [-0.2, 0) is 9.59 Å². The summed E-state index contributed by atoms with van der Waals surface area (Å²) < 4.78 is 0. The molecule has 0 bridgehead atoms. The molecule has 2 unspecified atom stereocenters. The number of piperazine rings is 1. The third-order valence-electron chi connectivity index (χ3n) is 5.68. The average Bonchev–Trinajstić information content (AvgIpc) is 3.38. The first-order valence-corrected chi connectivity index (χ1v) is 9.24. The van der Waals surface area contributed by atoms with Crippen molar-refractivity contribution in [3.8, 4) is 0 Å². The zero-order valence-corrected chi connectivity index (χ0v) is 15.5. The second-order valence-corrected chi connectivity index (χ2v) is 8.51. The lowest BCUT2D eigenvalue weighted by molar-refractivity contribution is -0.135. The molecule has 0 aromatic carbocycles. The Morgan fingerprint density at radius 3 is 2.29 bits per heavy atom. The first-order valence-electron chi connectivity index (χ1n) is 9.24. The molecule has 2 atom stereocenters. The van der Waals surface area contributed by atoms with Crippen LogP contribution >= 0.6 is 0 Å². The van der Waals surface area contributed by atoms with E-state index >= 15 is 0 Å². The summed E-state index contributed by atoms with van der Waals surface area (Å²) in [5.74, 6) is 0.920. The fraction of sp³-hybridized carbons (Fsp3) is 0.789. The highest BCUT2D eigenvalue weighted by atomic mass is 16.2. The van der Waals surface area contributed by atoms with Crippen molar-refractivity contribution in [2.75, 3.05) is 32.7 Å². The average molecular weight is 333 g/mol. The highest BCUT2D eigenvalue weighted by Crippen LogP contribution is 2.60. The van der Waals surface area contributed by atoms with Crippen molar-refractivity contribution in [2.24, 2.45) is 17.3 Å². The molecule has 3 aliphatic rings. The van der Waals surface area contributed by atoms with Crippen LogP contribution in [0.25, 0.3) is 0 Å². The Balaban J connectivity index is 1.47. The summed E-state index contributed by atoms with van der Waals surface area (Å²) in [6.45, 7) is 12.1. The fourth-order valence-electron chi connectivity index (χ4n) is 3.85. The Morgan fingerprint density at radius 2 is 1.75 bits per heavy atom. The SMILES string of the molecule is CC(C)=CC1C(C(=O)N2CCN(CC(=O)NC3CC3)CC2)C1(C)C. The zero-order chi connectivity index (χ0) is 17.5. The van der Waals surface area contributed by atoms with E-state index in [0.29, 0.717) is 24.4 Å². The predicted molar refractivity (Wildman–Crippen MR) is 94.4 cm³/mol. The van der Waals surface area contributed by atoms with Crippen LogP contribution in [0.15, 0.2) is 11.6 Å². The minimum Gasteiger partial charge on any atom is -0.352 e. The maximum absolute atomic E-state index is 12.8. The van der Waals surface area contributed by atoms with E-state index in [2.05, 4.69) is 44.0 Å². The van der Waals surface area contributed by atoms with Crippen LogP contribution in [0.3, 0.4) is 0 Å². The van der Waals surface area contributed by atoms with Gasteiger partial charge in [0, 0.05) is 32.2 Å². The molecule has 0 spiro atoms. The van der Waals surface area contributed by atoms with Crippen molar-refractivity contribution in [1.29, 1.82) is 0 Å². The molecule has 1 heterocycles. The van der Waals surface area contributed by atoms with Crippen molar-refractivity contribution in [1.82, 2.24) is 15.1 Å². The lowest BCUT2D eigenvalue weighted by atomic mass is 10.1.